The molecule has 5 nitrogen and oxygen atoms in total. The van der Waals surface area contributed by atoms with Crippen LogP contribution in [0.25, 0.3) is 21.6 Å². The lowest BCUT2D eigenvalue weighted by molar-refractivity contribution is -0.120. The number of fused-ring (bicyclic) bond motifs is 1. The minimum absolute atomic E-state index is 0.0155. The Kier molecular flexibility index (Phi) is 5.78. The van der Waals surface area contributed by atoms with Crippen LogP contribution in [0.4, 0.5) is 0 Å². The largest absolute Gasteiger partial charge is 0.337 e. The smallest absolute Gasteiger partial charge is 0.231 e. The first kappa shape index (κ1) is 19.3. The van der Waals surface area contributed by atoms with Crippen molar-refractivity contribution < 1.29 is 4.79 Å². The average Bonchev–Trinajstić information content (AvgIpc) is 3.20. The topological polar surface area (TPSA) is 78.7 Å². The fourth-order valence-electron chi connectivity index (χ4n) is 2.43. The van der Waals surface area contributed by atoms with E-state index in [9.17, 15) is 10.1 Å². The number of aromatic nitrogens is 2. The van der Waals surface area contributed by atoms with Gasteiger partial charge in [-0.2, -0.15) is 5.26 Å². The maximum atomic E-state index is 12.4. The van der Waals surface area contributed by atoms with Gasteiger partial charge in [-0.1, -0.05) is 49.9 Å². The van der Waals surface area contributed by atoms with E-state index in [2.05, 4.69) is 21.4 Å². The molecule has 27 heavy (non-hydrogen) atoms. The van der Waals surface area contributed by atoms with Gasteiger partial charge in [0.2, 0.25) is 5.91 Å². The van der Waals surface area contributed by atoms with Crippen molar-refractivity contribution in [1.29, 1.82) is 5.26 Å². The highest BCUT2D eigenvalue weighted by atomic mass is 32.2. The highest BCUT2D eigenvalue weighted by Gasteiger charge is 2.29. The van der Waals surface area contributed by atoms with E-state index in [4.69, 9.17) is 0 Å². The van der Waals surface area contributed by atoms with Crippen LogP contribution < -0.4 is 5.32 Å². The lowest BCUT2D eigenvalue weighted by Crippen LogP contribution is -2.49. The van der Waals surface area contributed by atoms with Crippen LogP contribution in [0.1, 0.15) is 20.8 Å². The molecule has 0 saturated heterocycles. The van der Waals surface area contributed by atoms with E-state index in [0.29, 0.717) is 5.82 Å². The maximum Gasteiger partial charge on any atom is 0.231 e. The summed E-state index contributed by atoms with van der Waals surface area (Å²) in [6, 6.07) is 13.9. The minimum atomic E-state index is -0.881. The second-order valence-corrected chi connectivity index (χ2v) is 8.56. The SMILES string of the molecule is CC(C)[C@@](C)(C#N)NC(=O)CSc1nc(-c2cccs2)nc2ccccc12. The van der Waals surface area contributed by atoms with Crippen molar-refractivity contribution in [1.82, 2.24) is 15.3 Å². The predicted octanol–water partition coefficient (Wildman–Crippen LogP) is 4.50. The number of carbonyl (C=O) groups excluding carboxylic acids is 1. The molecule has 0 radical (unpaired) electrons. The van der Waals surface area contributed by atoms with E-state index in [-0.39, 0.29) is 17.6 Å². The van der Waals surface area contributed by atoms with E-state index in [1.54, 1.807) is 18.3 Å². The highest BCUT2D eigenvalue weighted by Crippen LogP contribution is 2.30. The Hall–Kier alpha value is -2.43. The zero-order chi connectivity index (χ0) is 19.4. The van der Waals surface area contributed by atoms with Crippen molar-refractivity contribution in [2.24, 2.45) is 5.92 Å². The number of carbonyl (C=O) groups is 1. The molecular weight excluding hydrogens is 376 g/mol. The van der Waals surface area contributed by atoms with Crippen molar-refractivity contribution in [3.63, 3.8) is 0 Å². The molecule has 3 rings (SSSR count). The van der Waals surface area contributed by atoms with E-state index >= 15 is 0 Å². The fourth-order valence-corrected chi connectivity index (χ4v) is 3.91. The molecule has 7 heteroatoms. The molecule has 1 N–H and O–H groups in total. The van der Waals surface area contributed by atoms with Crippen molar-refractivity contribution in [2.45, 2.75) is 31.3 Å². The van der Waals surface area contributed by atoms with Gasteiger partial charge in [0.05, 0.1) is 22.2 Å². The second kappa shape index (κ2) is 8.07. The number of nitrogens with zero attached hydrogens (tertiary/aromatic N) is 3. The third-order valence-corrected chi connectivity index (χ3v) is 6.29. The zero-order valence-electron chi connectivity index (χ0n) is 15.4. The van der Waals surface area contributed by atoms with Gasteiger partial charge < -0.3 is 5.32 Å². The van der Waals surface area contributed by atoms with Gasteiger partial charge in [0.15, 0.2) is 5.82 Å². The zero-order valence-corrected chi connectivity index (χ0v) is 17.0. The van der Waals surface area contributed by atoms with Crippen LogP contribution in [0.2, 0.25) is 0 Å². The van der Waals surface area contributed by atoms with E-state index in [0.717, 1.165) is 20.8 Å². The van der Waals surface area contributed by atoms with Crippen LogP contribution >= 0.6 is 23.1 Å². The number of hydrogen-bond donors (Lipinski definition) is 1. The maximum absolute atomic E-state index is 12.4. The van der Waals surface area contributed by atoms with Gasteiger partial charge in [-0.05, 0) is 30.4 Å². The molecule has 0 saturated carbocycles. The minimum Gasteiger partial charge on any atom is -0.337 e. The highest BCUT2D eigenvalue weighted by molar-refractivity contribution is 8.00. The number of amides is 1. The molecule has 1 aromatic carbocycles. The van der Waals surface area contributed by atoms with Gasteiger partial charge in [0.25, 0.3) is 0 Å². The third kappa shape index (κ3) is 4.29. The molecule has 0 aliphatic carbocycles. The van der Waals surface area contributed by atoms with Gasteiger partial charge in [0.1, 0.15) is 10.6 Å². The van der Waals surface area contributed by atoms with Crippen LogP contribution in [-0.2, 0) is 4.79 Å². The molecular formula is C20H20N4OS2. The summed E-state index contributed by atoms with van der Waals surface area (Å²) < 4.78 is 0. The Morgan fingerprint density at radius 2 is 2.07 bits per heavy atom. The molecule has 2 aromatic heterocycles. The summed E-state index contributed by atoms with van der Waals surface area (Å²) in [6.07, 6.45) is 0. The number of nitriles is 1. The molecule has 0 fully saturated rings. The monoisotopic (exact) mass is 396 g/mol. The number of nitrogens with one attached hydrogen (secondary N) is 1. The normalized spacial score (nSPS) is 13.3. The Balaban J connectivity index is 1.84. The lowest BCUT2D eigenvalue weighted by Gasteiger charge is -2.27. The van der Waals surface area contributed by atoms with Crippen molar-refractivity contribution in [2.75, 3.05) is 5.75 Å². The van der Waals surface area contributed by atoms with E-state index < -0.39 is 5.54 Å². The summed E-state index contributed by atoms with van der Waals surface area (Å²) in [7, 11) is 0. The quantitative estimate of drug-likeness (QED) is 0.490. The number of thiophene rings is 1. The number of rotatable bonds is 6. The Labute approximate surface area is 166 Å². The summed E-state index contributed by atoms with van der Waals surface area (Å²) >= 11 is 2.95. The molecule has 1 atom stereocenters. The molecule has 0 unspecified atom stereocenters. The van der Waals surface area contributed by atoms with Gasteiger partial charge in [-0.3, -0.25) is 4.79 Å². The molecule has 0 aliphatic rings. The summed E-state index contributed by atoms with van der Waals surface area (Å²) in [5.41, 5.74) is -0.0316. The van der Waals surface area contributed by atoms with E-state index in [1.807, 2.05) is 55.6 Å². The predicted molar refractivity (Wildman–Crippen MR) is 111 cm³/mol. The van der Waals surface area contributed by atoms with Crippen molar-refractivity contribution in [3.05, 3.63) is 41.8 Å². The molecule has 2 heterocycles. The first-order chi connectivity index (χ1) is 12.9. The van der Waals surface area contributed by atoms with Gasteiger partial charge in [-0.15, -0.1) is 11.3 Å². The van der Waals surface area contributed by atoms with Crippen molar-refractivity contribution in [3.8, 4) is 16.8 Å². The summed E-state index contributed by atoms with van der Waals surface area (Å²) in [5.74, 6) is 0.685. The van der Waals surface area contributed by atoms with Crippen LogP contribution in [-0.4, -0.2) is 27.2 Å². The standard InChI is InChI=1S/C20H20N4OS2/c1-13(2)20(3,12-21)24-17(25)11-27-19-14-7-4-5-8-15(14)22-18(23-19)16-9-6-10-26-16/h4-10,13H,11H2,1-3H3,(H,24,25)/t20-/m1/s1. The molecule has 3 aromatic rings. The number of thioether (sulfide) groups is 1. The average molecular weight is 397 g/mol. The van der Waals surface area contributed by atoms with Gasteiger partial charge >= 0.3 is 0 Å². The Morgan fingerprint density at radius 3 is 2.74 bits per heavy atom. The number of para-hydroxylation sites is 1. The van der Waals surface area contributed by atoms with Crippen LogP contribution in [0.15, 0.2) is 46.8 Å². The fraction of sp³-hybridized carbons (Fsp3) is 0.300. The first-order valence-electron chi connectivity index (χ1n) is 8.58. The summed E-state index contributed by atoms with van der Waals surface area (Å²) in [4.78, 5) is 22.7. The number of hydrogen-bond acceptors (Lipinski definition) is 6. The number of benzene rings is 1. The van der Waals surface area contributed by atoms with Crippen LogP contribution in [0, 0.1) is 17.2 Å². The third-order valence-electron chi connectivity index (χ3n) is 4.44. The Morgan fingerprint density at radius 1 is 1.30 bits per heavy atom. The Bertz CT molecular complexity index is 995. The van der Waals surface area contributed by atoms with Crippen LogP contribution in [0.3, 0.4) is 0 Å². The summed E-state index contributed by atoms with van der Waals surface area (Å²) in [5, 5.41) is 15.9. The van der Waals surface area contributed by atoms with Crippen LogP contribution in [0.5, 0.6) is 0 Å². The second-order valence-electron chi connectivity index (χ2n) is 6.65. The molecule has 0 spiro atoms. The van der Waals surface area contributed by atoms with E-state index in [1.165, 1.54) is 11.8 Å². The first-order valence-corrected chi connectivity index (χ1v) is 10.4. The molecule has 0 aliphatic heterocycles. The molecule has 0 bridgehead atoms. The van der Waals surface area contributed by atoms with Gasteiger partial charge in [0, 0.05) is 5.39 Å². The molecule has 138 valence electrons. The van der Waals surface area contributed by atoms with Crippen molar-refractivity contribution >= 4 is 39.9 Å². The lowest BCUT2D eigenvalue weighted by atomic mass is 9.90. The molecule has 1 amide bonds. The van der Waals surface area contributed by atoms with Gasteiger partial charge in [-0.25, -0.2) is 9.97 Å². The summed E-state index contributed by atoms with van der Waals surface area (Å²) in [6.45, 7) is 5.58.